The van der Waals surface area contributed by atoms with Crippen LogP contribution in [0.2, 0.25) is 5.02 Å². The molecule has 29 heavy (non-hydrogen) atoms. The Bertz CT molecular complexity index is 798. The van der Waals surface area contributed by atoms with E-state index in [1.54, 1.807) is 12.1 Å². The molecule has 1 aliphatic carbocycles. The Balaban J connectivity index is 1.39. The lowest BCUT2D eigenvalue weighted by molar-refractivity contribution is -0.149. The van der Waals surface area contributed by atoms with E-state index in [-0.39, 0.29) is 37.7 Å². The van der Waals surface area contributed by atoms with Crippen molar-refractivity contribution in [1.29, 1.82) is 0 Å². The Kier molecular flexibility index (Phi) is 6.02. The third-order valence-electron chi connectivity index (χ3n) is 6.68. The van der Waals surface area contributed by atoms with E-state index < -0.39 is 5.92 Å². The maximum absolute atomic E-state index is 12.7. The molecule has 4 rings (SSSR count). The number of carbonyl (C=O) groups excluding carboxylic acids is 2. The van der Waals surface area contributed by atoms with E-state index >= 15 is 0 Å². The Morgan fingerprint density at radius 2 is 2.14 bits per heavy atom. The minimum Gasteiger partial charge on any atom is -0.467 e. The fourth-order valence-corrected chi connectivity index (χ4v) is 5.10. The molecule has 0 N–H and O–H groups in total. The fraction of sp³-hybridized carbons (Fsp3) is 0.636. The summed E-state index contributed by atoms with van der Waals surface area (Å²) in [4.78, 5) is 27.2. The zero-order valence-corrected chi connectivity index (χ0v) is 17.7. The Morgan fingerprint density at radius 3 is 2.97 bits per heavy atom. The molecule has 3 aliphatic rings. The van der Waals surface area contributed by atoms with Gasteiger partial charge in [-0.15, -0.1) is 0 Å². The Labute approximate surface area is 176 Å². The Morgan fingerprint density at radius 1 is 1.31 bits per heavy atom. The van der Waals surface area contributed by atoms with Crippen LogP contribution in [0.25, 0.3) is 0 Å². The zero-order chi connectivity index (χ0) is 20.5. The van der Waals surface area contributed by atoms with Gasteiger partial charge in [0.15, 0.2) is 6.79 Å². The smallest absolute Gasteiger partial charge is 0.311 e. The van der Waals surface area contributed by atoms with Crippen LogP contribution in [-0.2, 0) is 32.3 Å². The summed E-state index contributed by atoms with van der Waals surface area (Å²) in [6, 6.07) is 3.77. The summed E-state index contributed by atoms with van der Waals surface area (Å²) < 4.78 is 16.4. The number of carbonyl (C=O) groups is 2. The first-order chi connectivity index (χ1) is 13.9. The number of fused-ring (bicyclic) bond motifs is 1. The normalized spacial score (nSPS) is 29.3. The maximum atomic E-state index is 12.7. The van der Waals surface area contributed by atoms with Crippen molar-refractivity contribution >= 4 is 23.5 Å². The van der Waals surface area contributed by atoms with E-state index in [9.17, 15) is 9.59 Å². The number of hydrogen-bond donors (Lipinski definition) is 0. The lowest BCUT2D eigenvalue weighted by Crippen LogP contribution is -2.45. The molecule has 0 unspecified atom stereocenters. The van der Waals surface area contributed by atoms with E-state index in [1.807, 2.05) is 4.90 Å². The summed E-state index contributed by atoms with van der Waals surface area (Å²) in [6.07, 6.45) is 3.60. The van der Waals surface area contributed by atoms with Gasteiger partial charge in [0.25, 0.3) is 0 Å². The van der Waals surface area contributed by atoms with Gasteiger partial charge in [0, 0.05) is 35.2 Å². The van der Waals surface area contributed by atoms with Gasteiger partial charge in [-0.05, 0) is 30.4 Å². The largest absolute Gasteiger partial charge is 0.467 e. The van der Waals surface area contributed by atoms with Gasteiger partial charge in [0.1, 0.15) is 12.4 Å². The highest BCUT2D eigenvalue weighted by molar-refractivity contribution is 6.30. The van der Waals surface area contributed by atoms with Crippen LogP contribution in [0.5, 0.6) is 5.75 Å². The van der Waals surface area contributed by atoms with Crippen molar-refractivity contribution in [3.63, 3.8) is 0 Å². The molecule has 1 amide bonds. The summed E-state index contributed by atoms with van der Waals surface area (Å²) in [6.45, 7) is 5.59. The number of benzene rings is 1. The molecule has 1 saturated heterocycles. The van der Waals surface area contributed by atoms with E-state index in [2.05, 4.69) is 13.8 Å². The number of rotatable bonds is 4. The van der Waals surface area contributed by atoms with Gasteiger partial charge in [-0.2, -0.15) is 0 Å². The molecule has 1 aromatic rings. The highest BCUT2D eigenvalue weighted by Crippen LogP contribution is 2.36. The molecule has 4 atom stereocenters. The third-order valence-corrected chi connectivity index (χ3v) is 6.90. The molecule has 0 aromatic heterocycles. The Hall–Kier alpha value is -1.79. The molecule has 6 nitrogen and oxygen atoms in total. The fourth-order valence-electron chi connectivity index (χ4n) is 4.83. The zero-order valence-electron chi connectivity index (χ0n) is 17.0. The number of amides is 1. The molecule has 0 bridgehead atoms. The van der Waals surface area contributed by atoms with Crippen LogP contribution in [0.15, 0.2) is 12.1 Å². The van der Waals surface area contributed by atoms with E-state index in [0.717, 1.165) is 24.0 Å². The number of likely N-dealkylation sites (tertiary alicyclic amines) is 1. The second-order valence-corrected chi connectivity index (χ2v) is 8.99. The molecule has 158 valence electrons. The summed E-state index contributed by atoms with van der Waals surface area (Å²) in [7, 11) is 0. The lowest BCUT2D eigenvalue weighted by atomic mass is 9.77. The van der Waals surface area contributed by atoms with Crippen LogP contribution in [0.1, 0.15) is 50.7 Å². The predicted molar refractivity (Wildman–Crippen MR) is 107 cm³/mol. The first-order valence-corrected chi connectivity index (χ1v) is 10.8. The first-order valence-electron chi connectivity index (χ1n) is 10.4. The van der Waals surface area contributed by atoms with Crippen LogP contribution >= 0.6 is 11.6 Å². The van der Waals surface area contributed by atoms with Gasteiger partial charge in [-0.25, -0.2) is 0 Å². The molecule has 2 heterocycles. The molecule has 7 heteroatoms. The standard InChI is InChI=1S/C22H28ClNO5/c1-13-4-3-5-19(14(13)2)24-9-15(8-20(24)25)22(26)28-11-17-7-18(23)6-16-10-27-12-29-21(16)17/h6-7,13-15,19H,3-5,8-12H2,1-2H3/t13-,14+,15+,19-/m0/s1. The average molecular weight is 422 g/mol. The van der Waals surface area contributed by atoms with Crippen LogP contribution < -0.4 is 4.74 Å². The van der Waals surface area contributed by atoms with Gasteiger partial charge in [0.05, 0.1) is 12.5 Å². The minimum atomic E-state index is -0.411. The molecule has 0 radical (unpaired) electrons. The van der Waals surface area contributed by atoms with Crippen molar-refractivity contribution in [3.8, 4) is 5.75 Å². The van der Waals surface area contributed by atoms with Crippen molar-refractivity contribution in [2.24, 2.45) is 17.8 Å². The SMILES string of the molecule is C[C@@H]1[C@@H](C)CCC[C@@H]1N1C[C@H](C(=O)OCc2cc(Cl)cc3c2OCOC3)CC1=O. The van der Waals surface area contributed by atoms with Crippen molar-refractivity contribution in [2.45, 2.75) is 58.8 Å². The molecule has 2 fully saturated rings. The number of ether oxygens (including phenoxy) is 3. The topological polar surface area (TPSA) is 65.1 Å². The highest BCUT2D eigenvalue weighted by Gasteiger charge is 2.42. The highest BCUT2D eigenvalue weighted by atomic mass is 35.5. The number of hydrogen-bond acceptors (Lipinski definition) is 5. The van der Waals surface area contributed by atoms with Crippen molar-refractivity contribution in [3.05, 3.63) is 28.3 Å². The summed E-state index contributed by atoms with van der Waals surface area (Å²) in [5, 5.41) is 0.548. The average Bonchev–Trinajstić information content (AvgIpc) is 3.09. The van der Waals surface area contributed by atoms with Crippen LogP contribution in [-0.4, -0.2) is 36.2 Å². The molecular formula is C22H28ClNO5. The molecule has 1 aromatic carbocycles. The first kappa shape index (κ1) is 20.5. The molecule has 2 aliphatic heterocycles. The monoisotopic (exact) mass is 421 g/mol. The maximum Gasteiger partial charge on any atom is 0.311 e. The van der Waals surface area contributed by atoms with E-state index in [0.29, 0.717) is 35.8 Å². The van der Waals surface area contributed by atoms with Gasteiger partial charge >= 0.3 is 5.97 Å². The second kappa shape index (κ2) is 8.52. The minimum absolute atomic E-state index is 0.0681. The summed E-state index contributed by atoms with van der Waals surface area (Å²) in [5.41, 5.74) is 1.57. The number of halogens is 1. The third kappa shape index (κ3) is 4.24. The van der Waals surface area contributed by atoms with Gasteiger partial charge < -0.3 is 19.1 Å². The molecule has 1 saturated carbocycles. The van der Waals surface area contributed by atoms with Crippen molar-refractivity contribution < 1.29 is 23.8 Å². The molecular weight excluding hydrogens is 394 g/mol. The van der Waals surface area contributed by atoms with Gasteiger partial charge in [-0.1, -0.05) is 38.3 Å². The lowest BCUT2D eigenvalue weighted by Gasteiger charge is -2.39. The van der Waals surface area contributed by atoms with E-state index in [4.69, 9.17) is 25.8 Å². The van der Waals surface area contributed by atoms with E-state index in [1.165, 1.54) is 6.42 Å². The van der Waals surface area contributed by atoms with Crippen LogP contribution in [0.3, 0.4) is 0 Å². The predicted octanol–water partition coefficient (Wildman–Crippen LogP) is 3.92. The number of esters is 1. The van der Waals surface area contributed by atoms with Gasteiger partial charge in [0.2, 0.25) is 5.91 Å². The number of nitrogens with zero attached hydrogens (tertiary/aromatic N) is 1. The van der Waals surface area contributed by atoms with Crippen LogP contribution in [0.4, 0.5) is 0 Å². The quantitative estimate of drug-likeness (QED) is 0.689. The van der Waals surface area contributed by atoms with Crippen LogP contribution in [0, 0.1) is 17.8 Å². The molecule has 0 spiro atoms. The summed E-state index contributed by atoms with van der Waals surface area (Å²) >= 11 is 6.17. The van der Waals surface area contributed by atoms with Crippen molar-refractivity contribution in [1.82, 2.24) is 4.90 Å². The summed E-state index contributed by atoms with van der Waals surface area (Å²) in [5.74, 6) is 1.05. The second-order valence-electron chi connectivity index (χ2n) is 8.55. The van der Waals surface area contributed by atoms with Gasteiger partial charge in [-0.3, -0.25) is 9.59 Å². The van der Waals surface area contributed by atoms with Crippen molar-refractivity contribution in [2.75, 3.05) is 13.3 Å².